The Hall–Kier alpha value is -3.54. The number of alkyl halides is 2. The molecule has 3 aromatic heterocycles. The summed E-state index contributed by atoms with van der Waals surface area (Å²) in [6.07, 6.45) is 3.22. The molecule has 3 heterocycles. The molecule has 0 radical (unpaired) electrons. The summed E-state index contributed by atoms with van der Waals surface area (Å²) in [5.74, 6) is -1.86. The second-order valence-corrected chi connectivity index (χ2v) is 6.26. The summed E-state index contributed by atoms with van der Waals surface area (Å²) >= 11 is 5.66. The maximum atomic E-state index is 14.5. The van der Waals surface area contributed by atoms with Crippen LogP contribution in [-0.2, 0) is 6.61 Å². The van der Waals surface area contributed by atoms with Crippen LogP contribution in [0, 0.1) is 11.6 Å². The molecule has 0 atom stereocenters. The number of hydrogen-bond donors (Lipinski definition) is 1. The van der Waals surface area contributed by atoms with E-state index in [9.17, 15) is 17.6 Å². The molecule has 4 rings (SSSR count). The minimum absolute atomic E-state index is 0.00154. The van der Waals surface area contributed by atoms with Gasteiger partial charge in [-0.2, -0.15) is 13.5 Å². The monoisotopic (exact) mass is 439 g/mol. The van der Waals surface area contributed by atoms with E-state index in [2.05, 4.69) is 25.0 Å². The number of anilines is 1. The molecule has 0 aliphatic rings. The van der Waals surface area contributed by atoms with Gasteiger partial charge in [0, 0.05) is 5.56 Å². The van der Waals surface area contributed by atoms with E-state index in [4.69, 9.17) is 22.1 Å². The van der Waals surface area contributed by atoms with Crippen LogP contribution in [0.1, 0.15) is 12.4 Å². The first-order chi connectivity index (χ1) is 14.4. The third-order valence-corrected chi connectivity index (χ3v) is 4.41. The van der Waals surface area contributed by atoms with E-state index < -0.39 is 23.2 Å². The van der Waals surface area contributed by atoms with Gasteiger partial charge in [-0.3, -0.25) is 0 Å². The average molecular weight is 440 g/mol. The number of ether oxygens (including phenoxy) is 1. The van der Waals surface area contributed by atoms with Gasteiger partial charge in [0.05, 0.1) is 17.3 Å². The van der Waals surface area contributed by atoms with Crippen molar-refractivity contribution in [2.24, 2.45) is 0 Å². The molecule has 1 aromatic carbocycles. The quantitative estimate of drug-likeness (QED) is 0.373. The molecule has 0 saturated heterocycles. The van der Waals surface area contributed by atoms with Crippen LogP contribution >= 0.6 is 11.6 Å². The summed E-state index contributed by atoms with van der Waals surface area (Å²) < 4.78 is 59.2. The first kappa shape index (κ1) is 19.8. The second-order valence-electron chi connectivity index (χ2n) is 5.88. The maximum Gasteiger partial charge on any atom is 0.334 e. The van der Waals surface area contributed by atoms with Crippen molar-refractivity contribution in [3.05, 3.63) is 53.5 Å². The average Bonchev–Trinajstić information content (AvgIpc) is 3.20. The fourth-order valence-electron chi connectivity index (χ4n) is 2.70. The van der Waals surface area contributed by atoms with Crippen LogP contribution in [0.5, 0.6) is 5.75 Å². The Morgan fingerprint density at radius 1 is 1.13 bits per heavy atom. The van der Waals surface area contributed by atoms with Crippen molar-refractivity contribution in [2.45, 2.75) is 13.2 Å². The SMILES string of the molecule is Nc1ncnc2c(-c3ccc(F)c(Cl)c3F)ncc(OCc3ncn(C(F)F)n3)c12. The van der Waals surface area contributed by atoms with E-state index in [-0.39, 0.29) is 46.2 Å². The minimum atomic E-state index is -2.84. The van der Waals surface area contributed by atoms with Crippen molar-refractivity contribution in [1.82, 2.24) is 29.7 Å². The number of halogens is 5. The highest BCUT2D eigenvalue weighted by atomic mass is 35.5. The smallest absolute Gasteiger partial charge is 0.334 e. The zero-order chi connectivity index (χ0) is 21.4. The van der Waals surface area contributed by atoms with Gasteiger partial charge in [0.1, 0.15) is 41.4 Å². The van der Waals surface area contributed by atoms with E-state index in [0.717, 1.165) is 24.8 Å². The Labute approximate surface area is 170 Å². The number of nitrogen functional groups attached to an aromatic ring is 1. The van der Waals surface area contributed by atoms with Crippen LogP contribution in [0.3, 0.4) is 0 Å². The second kappa shape index (κ2) is 7.71. The molecule has 0 bridgehead atoms. The molecule has 13 heteroatoms. The summed E-state index contributed by atoms with van der Waals surface area (Å²) in [4.78, 5) is 15.8. The molecule has 30 heavy (non-hydrogen) atoms. The molecule has 0 amide bonds. The number of aromatic nitrogens is 6. The van der Waals surface area contributed by atoms with Crippen molar-refractivity contribution in [2.75, 3.05) is 5.73 Å². The predicted molar refractivity (Wildman–Crippen MR) is 97.7 cm³/mol. The van der Waals surface area contributed by atoms with Crippen molar-refractivity contribution in [3.63, 3.8) is 0 Å². The van der Waals surface area contributed by atoms with E-state index in [1.807, 2.05) is 0 Å². The van der Waals surface area contributed by atoms with E-state index in [1.54, 1.807) is 0 Å². The molecule has 2 N–H and O–H groups in total. The van der Waals surface area contributed by atoms with Gasteiger partial charge in [-0.15, -0.1) is 5.10 Å². The van der Waals surface area contributed by atoms with Gasteiger partial charge in [0.15, 0.2) is 17.4 Å². The molecule has 0 fully saturated rings. The first-order valence-corrected chi connectivity index (χ1v) is 8.58. The first-order valence-electron chi connectivity index (χ1n) is 8.20. The number of hydrogen-bond acceptors (Lipinski definition) is 7. The van der Waals surface area contributed by atoms with Gasteiger partial charge < -0.3 is 10.5 Å². The van der Waals surface area contributed by atoms with Gasteiger partial charge in [-0.1, -0.05) is 11.6 Å². The minimum Gasteiger partial charge on any atom is -0.483 e. The lowest BCUT2D eigenvalue weighted by atomic mass is 10.1. The van der Waals surface area contributed by atoms with Gasteiger partial charge in [-0.05, 0) is 12.1 Å². The van der Waals surface area contributed by atoms with Crippen LogP contribution in [0.25, 0.3) is 22.2 Å². The lowest BCUT2D eigenvalue weighted by Gasteiger charge is -2.12. The van der Waals surface area contributed by atoms with Crippen molar-refractivity contribution >= 4 is 28.3 Å². The molecule has 0 aliphatic heterocycles. The van der Waals surface area contributed by atoms with Gasteiger partial charge in [0.25, 0.3) is 0 Å². The largest absolute Gasteiger partial charge is 0.483 e. The van der Waals surface area contributed by atoms with Crippen LogP contribution in [0.15, 0.2) is 31.0 Å². The number of nitrogens with two attached hydrogens (primary N) is 1. The number of benzene rings is 1. The third kappa shape index (κ3) is 3.45. The zero-order valence-electron chi connectivity index (χ0n) is 14.7. The van der Waals surface area contributed by atoms with Crippen LogP contribution in [-0.4, -0.2) is 29.7 Å². The Morgan fingerprint density at radius 3 is 2.67 bits per heavy atom. The molecule has 0 saturated carbocycles. The third-order valence-electron chi connectivity index (χ3n) is 4.06. The number of nitrogens with zero attached hydrogens (tertiary/aromatic N) is 6. The van der Waals surface area contributed by atoms with Gasteiger partial charge >= 0.3 is 6.55 Å². The highest BCUT2D eigenvalue weighted by Gasteiger charge is 2.20. The summed E-state index contributed by atoms with van der Waals surface area (Å²) in [7, 11) is 0. The molecular formula is C17H10ClF4N7O. The molecule has 0 spiro atoms. The molecule has 8 nitrogen and oxygen atoms in total. The molecule has 4 aromatic rings. The van der Waals surface area contributed by atoms with Crippen molar-refractivity contribution in [3.8, 4) is 17.0 Å². The molecular weight excluding hydrogens is 430 g/mol. The maximum absolute atomic E-state index is 14.5. The lowest BCUT2D eigenvalue weighted by molar-refractivity contribution is 0.0555. The van der Waals surface area contributed by atoms with Crippen LogP contribution in [0.4, 0.5) is 23.4 Å². The molecule has 0 aliphatic carbocycles. The zero-order valence-corrected chi connectivity index (χ0v) is 15.5. The summed E-state index contributed by atoms with van der Waals surface area (Å²) in [5, 5.41) is 3.07. The van der Waals surface area contributed by atoms with Crippen molar-refractivity contribution < 1.29 is 22.3 Å². The molecule has 0 unspecified atom stereocenters. The highest BCUT2D eigenvalue weighted by Crippen LogP contribution is 2.36. The van der Waals surface area contributed by atoms with E-state index in [1.165, 1.54) is 6.20 Å². The van der Waals surface area contributed by atoms with Crippen LogP contribution < -0.4 is 10.5 Å². The highest BCUT2D eigenvalue weighted by molar-refractivity contribution is 6.31. The number of fused-ring (bicyclic) bond motifs is 1. The topological polar surface area (TPSA) is 105 Å². The summed E-state index contributed by atoms with van der Waals surface area (Å²) in [6.45, 7) is -3.12. The van der Waals surface area contributed by atoms with Gasteiger partial charge in [0.2, 0.25) is 0 Å². The Morgan fingerprint density at radius 2 is 1.93 bits per heavy atom. The normalized spacial score (nSPS) is 11.4. The number of pyridine rings is 1. The molecule has 154 valence electrons. The fourth-order valence-corrected chi connectivity index (χ4v) is 2.86. The van der Waals surface area contributed by atoms with E-state index >= 15 is 0 Å². The Kier molecular flexibility index (Phi) is 5.08. The Balaban J connectivity index is 1.76. The van der Waals surface area contributed by atoms with Crippen molar-refractivity contribution in [1.29, 1.82) is 0 Å². The standard InChI is InChI=1S/C17H10ClF4N7O/c18-12-8(19)2-1-7(13(12)20)14-15-11(16(23)26-5-25-15)9(3-24-14)30-4-10-27-6-29(28-10)17(21)22/h1-3,5-6,17H,4H2,(H2,23,25,26). The van der Waals surface area contributed by atoms with Gasteiger partial charge in [-0.25, -0.2) is 28.7 Å². The number of rotatable bonds is 5. The fraction of sp³-hybridized carbons (Fsp3) is 0.118. The summed E-state index contributed by atoms with van der Waals surface area (Å²) in [6, 6.07) is 2.16. The summed E-state index contributed by atoms with van der Waals surface area (Å²) in [5.41, 5.74) is 5.98. The lowest BCUT2D eigenvalue weighted by Crippen LogP contribution is -2.05. The van der Waals surface area contributed by atoms with Crippen LogP contribution in [0.2, 0.25) is 5.02 Å². The Bertz CT molecular complexity index is 1250. The predicted octanol–water partition coefficient (Wildman–Crippen LogP) is 3.77. The van der Waals surface area contributed by atoms with E-state index in [0.29, 0.717) is 4.68 Å².